The van der Waals surface area contributed by atoms with Crippen molar-refractivity contribution in [3.8, 4) is 22.6 Å². The van der Waals surface area contributed by atoms with E-state index in [2.05, 4.69) is 5.10 Å². The zero-order valence-corrected chi connectivity index (χ0v) is 11.0. The molecule has 1 aromatic heterocycles. The number of hydrogen-bond acceptors (Lipinski definition) is 2. The third-order valence-electron chi connectivity index (χ3n) is 3.16. The van der Waals surface area contributed by atoms with E-state index >= 15 is 0 Å². The minimum absolute atomic E-state index is 0.105. The molecule has 3 rings (SSSR count). The van der Waals surface area contributed by atoms with E-state index in [1.807, 2.05) is 54.6 Å². The molecule has 0 saturated heterocycles. The average Bonchev–Trinajstić information content (AvgIpc) is 2.90. The van der Waals surface area contributed by atoms with Crippen LogP contribution in [-0.4, -0.2) is 16.9 Å². The van der Waals surface area contributed by atoms with E-state index in [-0.39, 0.29) is 5.56 Å². The van der Waals surface area contributed by atoms with Crippen LogP contribution in [0.2, 0.25) is 0 Å². The molecule has 0 radical (unpaired) electrons. The Morgan fingerprint density at radius 2 is 1.70 bits per heavy atom. The maximum Gasteiger partial charge on any atom is 0.272 e. The molecule has 0 fully saturated rings. The number of aromatic amines is 1. The van der Waals surface area contributed by atoms with Crippen molar-refractivity contribution < 1.29 is 4.74 Å². The summed E-state index contributed by atoms with van der Waals surface area (Å²) in [7, 11) is 1.63. The van der Waals surface area contributed by atoms with Gasteiger partial charge < -0.3 is 4.74 Å². The molecule has 0 aliphatic carbocycles. The Morgan fingerprint density at radius 3 is 2.35 bits per heavy atom. The maximum absolute atomic E-state index is 12.0. The van der Waals surface area contributed by atoms with Gasteiger partial charge in [0.25, 0.3) is 5.56 Å². The number of hydrogen-bond donors (Lipinski definition) is 1. The van der Waals surface area contributed by atoms with Crippen LogP contribution in [0, 0.1) is 0 Å². The predicted molar refractivity (Wildman–Crippen MR) is 78.4 cm³/mol. The summed E-state index contributed by atoms with van der Waals surface area (Å²) in [5.41, 5.74) is 2.33. The van der Waals surface area contributed by atoms with Crippen molar-refractivity contribution in [2.45, 2.75) is 0 Å². The first-order valence-corrected chi connectivity index (χ1v) is 6.29. The van der Waals surface area contributed by atoms with Gasteiger partial charge in [-0.2, -0.15) is 0 Å². The highest BCUT2D eigenvalue weighted by molar-refractivity contribution is 5.62. The molecule has 4 nitrogen and oxygen atoms in total. The zero-order chi connectivity index (χ0) is 13.9. The van der Waals surface area contributed by atoms with Crippen molar-refractivity contribution >= 4 is 0 Å². The van der Waals surface area contributed by atoms with Gasteiger partial charge in [-0.1, -0.05) is 30.3 Å². The van der Waals surface area contributed by atoms with Crippen LogP contribution in [0.15, 0.2) is 65.6 Å². The summed E-state index contributed by atoms with van der Waals surface area (Å²) in [6.07, 6.45) is 1.81. The van der Waals surface area contributed by atoms with Crippen LogP contribution in [0.1, 0.15) is 0 Å². The standard InChI is InChI=1S/C16H14N2O2/c1-20-14-9-7-13(8-10-14)18-11-15(16(19)17-18)12-5-3-2-4-6-12/h2-11H,1H3,(H,17,19). The molecule has 0 bridgehead atoms. The van der Waals surface area contributed by atoms with Crippen LogP contribution in [0.4, 0.5) is 0 Å². The third kappa shape index (κ3) is 2.23. The van der Waals surface area contributed by atoms with E-state index in [9.17, 15) is 4.79 Å². The second-order valence-electron chi connectivity index (χ2n) is 4.42. The number of methoxy groups -OCH3 is 1. The molecule has 0 saturated carbocycles. The van der Waals surface area contributed by atoms with Crippen LogP contribution >= 0.6 is 0 Å². The largest absolute Gasteiger partial charge is 0.497 e. The fourth-order valence-electron chi connectivity index (χ4n) is 2.09. The summed E-state index contributed by atoms with van der Waals surface area (Å²) >= 11 is 0. The monoisotopic (exact) mass is 266 g/mol. The molecule has 20 heavy (non-hydrogen) atoms. The summed E-state index contributed by atoms with van der Waals surface area (Å²) < 4.78 is 6.83. The fourth-order valence-corrected chi connectivity index (χ4v) is 2.09. The van der Waals surface area contributed by atoms with Gasteiger partial charge in [-0.3, -0.25) is 14.6 Å². The molecule has 0 unspecified atom stereocenters. The van der Waals surface area contributed by atoms with Gasteiger partial charge in [0.15, 0.2) is 0 Å². The Balaban J connectivity index is 2.02. The predicted octanol–water partition coefficient (Wildman–Crippen LogP) is 2.84. The van der Waals surface area contributed by atoms with Gasteiger partial charge in [-0.05, 0) is 29.8 Å². The lowest BCUT2D eigenvalue weighted by molar-refractivity contribution is 0.414. The van der Waals surface area contributed by atoms with Crippen LogP contribution in [0.3, 0.4) is 0 Å². The minimum atomic E-state index is -0.105. The molecular weight excluding hydrogens is 252 g/mol. The van der Waals surface area contributed by atoms with Crippen LogP contribution < -0.4 is 10.3 Å². The van der Waals surface area contributed by atoms with E-state index in [0.717, 1.165) is 17.0 Å². The number of ether oxygens (including phenoxy) is 1. The molecule has 3 aromatic rings. The van der Waals surface area contributed by atoms with Crippen LogP contribution in [0.5, 0.6) is 5.75 Å². The molecule has 0 aliphatic rings. The molecule has 100 valence electrons. The number of aromatic nitrogens is 2. The molecule has 0 spiro atoms. The number of nitrogens with zero attached hydrogens (tertiary/aromatic N) is 1. The highest BCUT2D eigenvalue weighted by atomic mass is 16.5. The van der Waals surface area contributed by atoms with E-state index < -0.39 is 0 Å². The minimum Gasteiger partial charge on any atom is -0.497 e. The zero-order valence-electron chi connectivity index (χ0n) is 11.0. The summed E-state index contributed by atoms with van der Waals surface area (Å²) in [5, 5.41) is 2.82. The van der Waals surface area contributed by atoms with E-state index in [1.54, 1.807) is 18.0 Å². The molecular formula is C16H14N2O2. The first-order chi connectivity index (χ1) is 9.78. The van der Waals surface area contributed by atoms with Crippen molar-refractivity contribution in [2.75, 3.05) is 7.11 Å². The first kappa shape index (κ1) is 12.3. The van der Waals surface area contributed by atoms with Gasteiger partial charge in [0.2, 0.25) is 0 Å². The molecule has 0 atom stereocenters. The lowest BCUT2D eigenvalue weighted by Gasteiger charge is -2.03. The average molecular weight is 266 g/mol. The number of benzene rings is 2. The SMILES string of the molecule is COc1ccc(-n2cc(-c3ccccc3)c(=O)[nH]2)cc1. The summed E-state index contributed by atoms with van der Waals surface area (Å²) in [4.78, 5) is 12.0. The second kappa shape index (κ2) is 5.09. The number of nitrogens with one attached hydrogen (secondary N) is 1. The summed E-state index contributed by atoms with van der Waals surface area (Å²) in [6, 6.07) is 17.1. The quantitative estimate of drug-likeness (QED) is 0.792. The lowest BCUT2D eigenvalue weighted by Crippen LogP contribution is -2.05. The Hall–Kier alpha value is -2.75. The highest BCUT2D eigenvalue weighted by Crippen LogP contribution is 2.18. The third-order valence-corrected chi connectivity index (χ3v) is 3.16. The molecule has 4 heteroatoms. The Bertz CT molecular complexity index is 755. The maximum atomic E-state index is 12.0. The summed E-state index contributed by atoms with van der Waals surface area (Å²) in [6.45, 7) is 0. The van der Waals surface area contributed by atoms with Crippen molar-refractivity contribution in [1.29, 1.82) is 0 Å². The van der Waals surface area contributed by atoms with Gasteiger partial charge in [-0.25, -0.2) is 0 Å². The normalized spacial score (nSPS) is 10.4. The van der Waals surface area contributed by atoms with Crippen molar-refractivity contribution in [3.05, 3.63) is 71.1 Å². The molecule has 1 heterocycles. The smallest absolute Gasteiger partial charge is 0.272 e. The molecule has 1 N–H and O–H groups in total. The van der Waals surface area contributed by atoms with Gasteiger partial charge in [0.05, 0.1) is 18.4 Å². The lowest BCUT2D eigenvalue weighted by atomic mass is 10.1. The summed E-state index contributed by atoms with van der Waals surface area (Å²) in [5.74, 6) is 0.784. The van der Waals surface area contributed by atoms with Crippen molar-refractivity contribution in [3.63, 3.8) is 0 Å². The Kier molecular flexibility index (Phi) is 3.13. The highest BCUT2D eigenvalue weighted by Gasteiger charge is 2.07. The molecule has 0 aliphatic heterocycles. The number of H-pyrrole nitrogens is 1. The van der Waals surface area contributed by atoms with Crippen molar-refractivity contribution in [1.82, 2.24) is 9.78 Å². The van der Waals surface area contributed by atoms with E-state index in [1.165, 1.54) is 0 Å². The van der Waals surface area contributed by atoms with Crippen molar-refractivity contribution in [2.24, 2.45) is 0 Å². The Labute approximate surface area is 116 Å². The number of rotatable bonds is 3. The van der Waals surface area contributed by atoms with Gasteiger partial charge >= 0.3 is 0 Å². The van der Waals surface area contributed by atoms with Gasteiger partial charge in [-0.15, -0.1) is 0 Å². The second-order valence-corrected chi connectivity index (χ2v) is 4.42. The van der Waals surface area contributed by atoms with Gasteiger partial charge in [0.1, 0.15) is 5.75 Å². The van der Waals surface area contributed by atoms with Crippen LogP contribution in [-0.2, 0) is 0 Å². The fraction of sp³-hybridized carbons (Fsp3) is 0.0625. The van der Waals surface area contributed by atoms with E-state index in [4.69, 9.17) is 4.74 Å². The van der Waals surface area contributed by atoms with Crippen LogP contribution in [0.25, 0.3) is 16.8 Å². The molecule has 0 amide bonds. The topological polar surface area (TPSA) is 47.0 Å². The van der Waals surface area contributed by atoms with E-state index in [0.29, 0.717) is 5.56 Å². The first-order valence-electron chi connectivity index (χ1n) is 6.29. The van der Waals surface area contributed by atoms with Gasteiger partial charge in [0, 0.05) is 6.20 Å². The Morgan fingerprint density at radius 1 is 1.00 bits per heavy atom. The molecule has 2 aromatic carbocycles.